The van der Waals surface area contributed by atoms with E-state index in [0.717, 1.165) is 83.2 Å². The minimum Gasteiger partial charge on any atom is -0.442 e. The third kappa shape index (κ3) is 14.4. The molecule has 300 valence electrons. The number of unbranched alkanes of at least 4 members (excludes halogenated alkanes) is 1. The summed E-state index contributed by atoms with van der Waals surface area (Å²) >= 11 is 0. The number of nitrogens with one attached hydrogen (secondary N) is 2. The van der Waals surface area contributed by atoms with Gasteiger partial charge in [0, 0.05) is 25.5 Å². The zero-order valence-corrected chi connectivity index (χ0v) is 33.9. The summed E-state index contributed by atoms with van der Waals surface area (Å²) in [4.78, 5) is 17.4. The second-order valence-electron chi connectivity index (χ2n) is 17.0. The molecule has 10 atom stereocenters. The van der Waals surface area contributed by atoms with Gasteiger partial charge in [-0.15, -0.1) is 0 Å². The molecule has 9 heteroatoms. The minimum absolute atomic E-state index is 0.132. The van der Waals surface area contributed by atoms with Crippen LogP contribution in [0.1, 0.15) is 152 Å². The van der Waals surface area contributed by atoms with Gasteiger partial charge in [-0.1, -0.05) is 58.1 Å². The van der Waals surface area contributed by atoms with E-state index in [1.807, 2.05) is 19.1 Å². The first-order valence-corrected chi connectivity index (χ1v) is 20.8. The third-order valence-electron chi connectivity index (χ3n) is 12.2. The van der Waals surface area contributed by atoms with Gasteiger partial charge in [0.15, 0.2) is 0 Å². The second-order valence-corrected chi connectivity index (χ2v) is 17.0. The maximum absolute atomic E-state index is 13.4. The number of hydrogen-bond donors (Lipinski definition) is 4. The van der Waals surface area contributed by atoms with Gasteiger partial charge in [-0.05, 0) is 146 Å². The molecule has 8 nitrogen and oxygen atoms in total. The van der Waals surface area contributed by atoms with Crippen molar-refractivity contribution in [2.24, 2.45) is 41.4 Å². The van der Waals surface area contributed by atoms with Crippen molar-refractivity contribution >= 4 is 6.09 Å². The number of carbonyl (C=O) groups excluding carboxylic acids is 1. The Labute approximate surface area is 315 Å². The van der Waals surface area contributed by atoms with E-state index in [0.29, 0.717) is 48.5 Å². The Hall–Kier alpha value is -1.94. The van der Waals surface area contributed by atoms with E-state index < -0.39 is 17.9 Å². The number of aliphatic hydroxyl groups is 2. The van der Waals surface area contributed by atoms with Crippen molar-refractivity contribution < 1.29 is 33.7 Å². The van der Waals surface area contributed by atoms with Crippen molar-refractivity contribution in [2.75, 3.05) is 13.2 Å². The highest BCUT2D eigenvalue weighted by Gasteiger charge is 2.44. The lowest BCUT2D eigenvalue weighted by molar-refractivity contribution is -0.0842. The number of hydroxylamine groups is 1. The van der Waals surface area contributed by atoms with Crippen LogP contribution in [0.25, 0.3) is 0 Å². The SMILES string of the molecule is C/C=C(\CCNC(O)C1CCC2CCC(OCCCCC3CC(O)C(/C(=C/C=C(\C)F)CC)CC3CC)C(CCC)C2C1)ONC(=O)OC(C)(C)C. The molecule has 0 aromatic heterocycles. The standard InChI is InChI=1S/C43H75FN2O6/c1-9-15-36-37-27-34(41(48)45-24-23-35(12-4)52-46-42(49)51-43(6,7)8)20-19-32(37)21-22-40(36)50-25-14-13-16-33-28-39(47)38(26-31(33)11-3)30(10-2)18-17-29(5)44/h12,17-18,31-34,36-41,45,47-48H,9-11,13-16,19-28H2,1-8H3,(H,46,49)/b29-17+,30-18+,35-12+. The summed E-state index contributed by atoms with van der Waals surface area (Å²) in [6.45, 7) is 16.7. The lowest BCUT2D eigenvalue weighted by Crippen LogP contribution is -2.46. The van der Waals surface area contributed by atoms with Gasteiger partial charge < -0.3 is 24.5 Å². The van der Waals surface area contributed by atoms with Gasteiger partial charge in [-0.25, -0.2) is 9.18 Å². The van der Waals surface area contributed by atoms with Gasteiger partial charge in [0.1, 0.15) is 17.6 Å². The number of carbonyl (C=O) groups is 1. The van der Waals surface area contributed by atoms with Crippen LogP contribution in [-0.2, 0) is 14.3 Å². The van der Waals surface area contributed by atoms with E-state index in [9.17, 15) is 19.4 Å². The number of allylic oxidation sites excluding steroid dienone is 4. The molecular formula is C43H75FN2O6. The third-order valence-corrected chi connectivity index (χ3v) is 12.2. The van der Waals surface area contributed by atoms with Crippen LogP contribution in [0.5, 0.6) is 0 Å². The van der Waals surface area contributed by atoms with Crippen LogP contribution in [-0.4, -0.2) is 53.5 Å². The number of hydrogen-bond acceptors (Lipinski definition) is 7. The van der Waals surface area contributed by atoms with Crippen LogP contribution in [0.3, 0.4) is 0 Å². The number of rotatable bonds is 19. The van der Waals surface area contributed by atoms with E-state index in [4.69, 9.17) is 14.3 Å². The highest BCUT2D eigenvalue weighted by atomic mass is 19.1. The predicted molar refractivity (Wildman–Crippen MR) is 208 cm³/mol. The van der Waals surface area contributed by atoms with Crippen molar-refractivity contribution in [3.63, 3.8) is 0 Å². The molecule has 3 aliphatic rings. The lowest BCUT2D eigenvalue weighted by Gasteiger charge is -2.48. The molecule has 52 heavy (non-hydrogen) atoms. The highest BCUT2D eigenvalue weighted by Crippen LogP contribution is 2.49. The monoisotopic (exact) mass is 735 g/mol. The molecule has 3 aliphatic carbocycles. The summed E-state index contributed by atoms with van der Waals surface area (Å²) in [5.41, 5.74) is 2.91. The summed E-state index contributed by atoms with van der Waals surface area (Å²) in [5.74, 6) is 3.71. The Kier molecular flexibility index (Phi) is 19.2. The fourth-order valence-corrected chi connectivity index (χ4v) is 9.51. The van der Waals surface area contributed by atoms with Crippen molar-refractivity contribution in [3.8, 4) is 0 Å². The van der Waals surface area contributed by atoms with Crippen molar-refractivity contribution in [1.29, 1.82) is 0 Å². The maximum Gasteiger partial charge on any atom is 0.441 e. The number of halogens is 1. The van der Waals surface area contributed by atoms with Crippen LogP contribution < -0.4 is 10.8 Å². The Balaban J connectivity index is 1.44. The number of amides is 1. The van der Waals surface area contributed by atoms with Gasteiger partial charge in [0.2, 0.25) is 0 Å². The van der Waals surface area contributed by atoms with E-state index in [-0.39, 0.29) is 23.8 Å². The summed E-state index contributed by atoms with van der Waals surface area (Å²) in [5, 5.41) is 25.7. The predicted octanol–water partition coefficient (Wildman–Crippen LogP) is 10.1. The van der Waals surface area contributed by atoms with Gasteiger partial charge >= 0.3 is 6.09 Å². The van der Waals surface area contributed by atoms with Gasteiger partial charge in [0.25, 0.3) is 0 Å². The van der Waals surface area contributed by atoms with E-state index in [1.165, 1.54) is 31.8 Å². The van der Waals surface area contributed by atoms with Crippen molar-refractivity contribution in [2.45, 2.75) is 176 Å². The summed E-state index contributed by atoms with van der Waals surface area (Å²) in [7, 11) is 0. The molecular weight excluding hydrogens is 659 g/mol. The molecule has 0 spiro atoms. The maximum atomic E-state index is 13.4. The number of ether oxygens (including phenoxy) is 2. The second kappa shape index (κ2) is 22.4. The van der Waals surface area contributed by atoms with Crippen molar-refractivity contribution in [1.82, 2.24) is 10.8 Å². The van der Waals surface area contributed by atoms with Crippen LogP contribution in [0.2, 0.25) is 0 Å². The molecule has 4 N–H and O–H groups in total. The molecule has 0 aromatic carbocycles. The molecule has 3 rings (SSSR count). The summed E-state index contributed by atoms with van der Waals surface area (Å²) in [6, 6.07) is 0. The molecule has 0 radical (unpaired) electrons. The van der Waals surface area contributed by atoms with E-state index >= 15 is 0 Å². The molecule has 1 amide bonds. The Morgan fingerprint density at radius 1 is 1.00 bits per heavy atom. The normalized spacial score (nSPS) is 31.1. The van der Waals surface area contributed by atoms with Gasteiger partial charge in [-0.2, -0.15) is 5.48 Å². The molecule has 0 bridgehead atoms. The fraction of sp³-hybridized carbons (Fsp3) is 0.837. The Morgan fingerprint density at radius 3 is 2.40 bits per heavy atom. The quantitative estimate of drug-likeness (QED) is 0.0344. The first-order valence-electron chi connectivity index (χ1n) is 20.8. The molecule has 3 saturated carbocycles. The van der Waals surface area contributed by atoms with Crippen LogP contribution in [0.4, 0.5) is 9.18 Å². The molecule has 0 saturated heterocycles. The van der Waals surface area contributed by atoms with E-state index in [2.05, 4.69) is 31.6 Å². The molecule has 3 fully saturated rings. The number of aliphatic hydroxyl groups excluding tert-OH is 2. The topological polar surface area (TPSA) is 109 Å². The van der Waals surface area contributed by atoms with Crippen LogP contribution in [0, 0.1) is 41.4 Å². The van der Waals surface area contributed by atoms with Crippen molar-refractivity contribution in [3.05, 3.63) is 35.4 Å². The average molecular weight is 735 g/mol. The number of fused-ring (bicyclic) bond motifs is 1. The van der Waals surface area contributed by atoms with Gasteiger partial charge in [-0.3, -0.25) is 5.32 Å². The largest absolute Gasteiger partial charge is 0.442 e. The first kappa shape index (κ1) is 44.5. The smallest absolute Gasteiger partial charge is 0.441 e. The summed E-state index contributed by atoms with van der Waals surface area (Å²) in [6.07, 6.45) is 19.5. The first-order chi connectivity index (χ1) is 24.8. The molecule has 10 unspecified atom stereocenters. The zero-order valence-electron chi connectivity index (χ0n) is 33.9. The molecule has 0 heterocycles. The minimum atomic E-state index is -0.632. The average Bonchev–Trinajstić information content (AvgIpc) is 3.10. The van der Waals surface area contributed by atoms with Crippen LogP contribution in [0.15, 0.2) is 35.4 Å². The highest BCUT2D eigenvalue weighted by molar-refractivity contribution is 5.66. The zero-order chi connectivity index (χ0) is 38.3. The summed E-state index contributed by atoms with van der Waals surface area (Å²) < 4.78 is 25.4. The van der Waals surface area contributed by atoms with Gasteiger partial charge in [0.05, 0.1) is 18.0 Å². The molecule has 0 aliphatic heterocycles. The molecule has 0 aromatic rings. The Morgan fingerprint density at radius 2 is 1.75 bits per heavy atom. The fourth-order valence-electron chi connectivity index (χ4n) is 9.51. The van der Waals surface area contributed by atoms with Crippen LogP contribution >= 0.6 is 0 Å². The Bertz CT molecular complexity index is 1150. The van der Waals surface area contributed by atoms with E-state index in [1.54, 1.807) is 26.8 Å². The lowest BCUT2D eigenvalue weighted by atomic mass is 9.61.